The lowest BCUT2D eigenvalue weighted by Gasteiger charge is -2.21. The maximum absolute atomic E-state index is 15.1. The highest BCUT2D eigenvalue weighted by atomic mass is 19.1. The number of nitrogen functional groups attached to an aromatic ring is 1. The van der Waals surface area contributed by atoms with Gasteiger partial charge in [-0.15, -0.1) is 0 Å². The number of benzene rings is 1. The molecule has 2 N–H and O–H groups in total. The number of imidazole rings is 1. The summed E-state index contributed by atoms with van der Waals surface area (Å²) in [4.78, 5) is 29.8. The number of pyridine rings is 1. The van der Waals surface area contributed by atoms with Crippen LogP contribution in [0.4, 0.5) is 28.0 Å². The number of alkyl halides is 1. The van der Waals surface area contributed by atoms with Crippen molar-refractivity contribution in [3.63, 3.8) is 0 Å². The second kappa shape index (κ2) is 9.17. The first-order valence-corrected chi connectivity index (χ1v) is 10.8. The lowest BCUT2D eigenvalue weighted by molar-refractivity contribution is 0.0525. The van der Waals surface area contributed by atoms with E-state index >= 15 is 4.39 Å². The van der Waals surface area contributed by atoms with Crippen LogP contribution in [0.25, 0.3) is 11.6 Å². The van der Waals surface area contributed by atoms with Gasteiger partial charge in [0, 0.05) is 18.7 Å². The minimum atomic E-state index is -2.09. The molecule has 0 amide bonds. The fourth-order valence-electron chi connectivity index (χ4n) is 3.61. The molecular formula is C24H22F4N4O4. The van der Waals surface area contributed by atoms with Gasteiger partial charge in [0.05, 0.1) is 12.2 Å². The van der Waals surface area contributed by atoms with Crippen molar-refractivity contribution < 1.29 is 31.8 Å². The molecule has 190 valence electrons. The van der Waals surface area contributed by atoms with Crippen LogP contribution in [0.1, 0.15) is 33.0 Å². The van der Waals surface area contributed by atoms with Crippen LogP contribution < -0.4 is 26.7 Å². The maximum atomic E-state index is 15.1. The molecule has 0 aliphatic heterocycles. The van der Waals surface area contributed by atoms with Gasteiger partial charge in [-0.3, -0.25) is 4.79 Å². The average molecular weight is 506 g/mol. The summed E-state index contributed by atoms with van der Waals surface area (Å²) < 4.78 is 70.3. The van der Waals surface area contributed by atoms with E-state index < -0.39 is 69.5 Å². The molecule has 0 bridgehead atoms. The largest absolute Gasteiger partial charge is 0.453 e. The number of anilines is 1. The molecule has 4 rings (SSSR count). The topological polar surface area (TPSA) is 101 Å². The molecule has 1 unspecified atom stereocenters. The van der Waals surface area contributed by atoms with Crippen LogP contribution in [0.2, 0.25) is 0 Å². The van der Waals surface area contributed by atoms with Crippen LogP contribution >= 0.6 is 0 Å². The lowest BCUT2D eigenvalue weighted by atomic mass is 10.1. The van der Waals surface area contributed by atoms with E-state index in [9.17, 15) is 22.8 Å². The number of carbonyl (C=O) groups excluding carboxylic acids is 1. The highest BCUT2D eigenvalue weighted by molar-refractivity contribution is 5.73. The molecule has 0 saturated carbocycles. The minimum Gasteiger partial charge on any atom is -0.453 e. The molecule has 1 aliphatic rings. The third-order valence-corrected chi connectivity index (χ3v) is 5.13. The number of rotatable bonds is 4. The summed E-state index contributed by atoms with van der Waals surface area (Å²) in [5.41, 5.74) is 4.00. The smallest absolute Gasteiger partial charge is 0.420 e. The zero-order valence-electron chi connectivity index (χ0n) is 19.5. The lowest BCUT2D eigenvalue weighted by Crippen LogP contribution is -2.44. The van der Waals surface area contributed by atoms with E-state index in [1.165, 1.54) is 18.3 Å². The molecule has 0 saturated heterocycles. The predicted molar refractivity (Wildman–Crippen MR) is 122 cm³/mol. The van der Waals surface area contributed by atoms with Crippen molar-refractivity contribution in [3.8, 4) is 5.75 Å². The van der Waals surface area contributed by atoms with E-state index in [2.05, 4.69) is 4.98 Å². The number of ether oxygens (including phenoxy) is 2. The van der Waals surface area contributed by atoms with E-state index in [4.69, 9.17) is 15.2 Å². The summed E-state index contributed by atoms with van der Waals surface area (Å²) in [7, 11) is 0. The van der Waals surface area contributed by atoms with Gasteiger partial charge in [0.1, 0.15) is 33.8 Å². The third-order valence-electron chi connectivity index (χ3n) is 5.13. The Hall–Kier alpha value is -4.09. The first kappa shape index (κ1) is 25.0. The van der Waals surface area contributed by atoms with Gasteiger partial charge < -0.3 is 19.8 Å². The van der Waals surface area contributed by atoms with Crippen LogP contribution in [0, 0.1) is 11.6 Å². The Morgan fingerprint density at radius 1 is 1.22 bits per heavy atom. The summed E-state index contributed by atoms with van der Waals surface area (Å²) in [6, 6.07) is 5.24. The Morgan fingerprint density at radius 2 is 1.94 bits per heavy atom. The second-order valence-electron chi connectivity index (χ2n) is 9.06. The van der Waals surface area contributed by atoms with Crippen molar-refractivity contribution in [2.24, 2.45) is 0 Å². The summed E-state index contributed by atoms with van der Waals surface area (Å²) in [6.45, 7) is 4.41. The third kappa shape index (κ3) is 4.83. The second-order valence-corrected chi connectivity index (χ2v) is 9.06. The van der Waals surface area contributed by atoms with Gasteiger partial charge in [-0.05, 0) is 45.0 Å². The standard InChI is InChI=1S/C24H22F4N4O4/c1-24(2,3)36-23(34)32-18(11-31-8-4-5-16(29)22(31)33)30-19-20(32)14(27)10-15(28)21(19)35-17-7-6-12(25)9-13(17)26/h4-9,15H,10-11,29H2,1-3H3. The zero-order valence-corrected chi connectivity index (χ0v) is 19.5. The molecular weight excluding hydrogens is 484 g/mol. The molecule has 1 aromatic carbocycles. The predicted octanol–water partition coefficient (Wildman–Crippen LogP) is 2.74. The molecule has 0 spiro atoms. The number of hydrogen-bond acceptors (Lipinski definition) is 6. The summed E-state index contributed by atoms with van der Waals surface area (Å²) in [6.07, 6.45) is -2.59. The molecule has 2 heterocycles. The van der Waals surface area contributed by atoms with E-state index in [0.29, 0.717) is 6.07 Å². The maximum Gasteiger partial charge on any atom is 0.420 e. The average Bonchev–Trinajstić information content (AvgIpc) is 3.14. The number of carbonyl (C=O) groups is 1. The van der Waals surface area contributed by atoms with Crippen molar-refractivity contribution in [1.29, 1.82) is 0 Å². The summed E-state index contributed by atoms with van der Waals surface area (Å²) in [5.74, 6) is -4.33. The highest BCUT2D eigenvalue weighted by Crippen LogP contribution is 2.26. The monoisotopic (exact) mass is 506 g/mol. The Bertz CT molecular complexity index is 1540. The Kier molecular flexibility index (Phi) is 6.37. The molecule has 1 aliphatic carbocycles. The number of aromatic nitrogens is 3. The fourth-order valence-corrected chi connectivity index (χ4v) is 3.61. The molecule has 1 atom stereocenters. The minimum absolute atomic E-state index is 0.0819. The van der Waals surface area contributed by atoms with Crippen molar-refractivity contribution in [2.45, 2.75) is 45.5 Å². The normalized spacial score (nSPS) is 15.6. The van der Waals surface area contributed by atoms with Crippen molar-refractivity contribution in [2.75, 3.05) is 5.73 Å². The first-order chi connectivity index (χ1) is 16.9. The Labute approximate surface area is 201 Å². The fraction of sp³-hybridized carbons (Fsp3) is 0.292. The highest BCUT2D eigenvalue weighted by Gasteiger charge is 2.32. The van der Waals surface area contributed by atoms with Crippen LogP contribution in [0.15, 0.2) is 41.3 Å². The molecule has 12 heteroatoms. The number of fused-ring (bicyclic) bond motifs is 1. The Balaban J connectivity index is 1.97. The number of nitrogens with zero attached hydrogens (tertiary/aromatic N) is 3. The number of halogens is 4. The van der Waals surface area contributed by atoms with Gasteiger partial charge in [-0.1, -0.05) is 0 Å². The van der Waals surface area contributed by atoms with Crippen LogP contribution in [0.5, 0.6) is 5.75 Å². The zero-order chi connectivity index (χ0) is 26.4. The van der Waals surface area contributed by atoms with Crippen molar-refractivity contribution in [1.82, 2.24) is 14.1 Å². The van der Waals surface area contributed by atoms with Crippen molar-refractivity contribution >= 4 is 23.4 Å². The molecule has 8 nitrogen and oxygen atoms in total. The summed E-state index contributed by atoms with van der Waals surface area (Å²) in [5, 5.41) is -0.879. The van der Waals surface area contributed by atoms with Crippen LogP contribution in [-0.4, -0.2) is 32.0 Å². The Morgan fingerprint density at radius 3 is 2.61 bits per heavy atom. The van der Waals surface area contributed by atoms with Gasteiger partial charge in [0.2, 0.25) is 0 Å². The van der Waals surface area contributed by atoms with Gasteiger partial charge in [0.25, 0.3) is 5.56 Å². The molecule has 0 radical (unpaired) electrons. The molecule has 3 aromatic rings. The molecule has 0 fully saturated rings. The van der Waals surface area contributed by atoms with Gasteiger partial charge in [-0.2, -0.15) is 0 Å². The quantitative estimate of drug-likeness (QED) is 0.547. The SMILES string of the molecule is CC(C)(C)OC(=O)n1c(Cn2cccc(N)c2=O)nc2c1=C(F)CC(F)C=2Oc1ccc(F)cc1F. The van der Waals surface area contributed by atoms with Gasteiger partial charge in [-0.25, -0.2) is 31.9 Å². The van der Waals surface area contributed by atoms with Gasteiger partial charge >= 0.3 is 6.09 Å². The molecule has 36 heavy (non-hydrogen) atoms. The van der Waals surface area contributed by atoms with E-state index in [0.717, 1.165) is 21.3 Å². The number of nitrogens with two attached hydrogens (primary N) is 1. The van der Waals surface area contributed by atoms with E-state index in [1.54, 1.807) is 20.8 Å². The summed E-state index contributed by atoms with van der Waals surface area (Å²) >= 11 is 0. The van der Waals surface area contributed by atoms with E-state index in [1.807, 2.05) is 0 Å². The number of hydrogen-bond donors (Lipinski definition) is 1. The van der Waals surface area contributed by atoms with Gasteiger partial charge in [0.15, 0.2) is 23.5 Å². The van der Waals surface area contributed by atoms with Crippen LogP contribution in [-0.2, 0) is 11.3 Å². The first-order valence-electron chi connectivity index (χ1n) is 10.8. The van der Waals surface area contributed by atoms with Crippen molar-refractivity contribution in [3.05, 3.63) is 75.0 Å². The van der Waals surface area contributed by atoms with E-state index in [-0.39, 0.29) is 18.1 Å². The van der Waals surface area contributed by atoms with Crippen LogP contribution in [0.3, 0.4) is 0 Å². The molecule has 2 aromatic heterocycles.